The van der Waals surface area contributed by atoms with Gasteiger partial charge in [0.05, 0.1) is 11.4 Å². The van der Waals surface area contributed by atoms with Crippen LogP contribution in [0.4, 0.5) is 11.4 Å². The molecule has 1 aromatic carbocycles. The number of benzene rings is 1. The molecule has 8 heteroatoms. The number of hydrogen-bond acceptors (Lipinski definition) is 5. The van der Waals surface area contributed by atoms with Crippen LogP contribution in [-0.2, 0) is 14.4 Å². The van der Waals surface area contributed by atoms with Crippen LogP contribution < -0.4 is 20.6 Å². The Hall–Kier alpha value is -3.94. The molecule has 0 bridgehead atoms. The van der Waals surface area contributed by atoms with Gasteiger partial charge < -0.3 is 20.6 Å². The van der Waals surface area contributed by atoms with Gasteiger partial charge in [0.2, 0.25) is 17.5 Å². The number of hydrogen-bond donors (Lipinski definition) is 2. The summed E-state index contributed by atoms with van der Waals surface area (Å²) in [5.74, 6) is -0.911. The highest BCUT2D eigenvalue weighted by atomic mass is 16.3. The van der Waals surface area contributed by atoms with E-state index in [-0.39, 0.29) is 34.5 Å². The molecular formula is C40H54N4O4. The van der Waals surface area contributed by atoms with E-state index in [1.807, 2.05) is 38.1 Å². The number of ketones is 1. The maximum Gasteiger partial charge on any atom is 0.224 e. The van der Waals surface area contributed by atoms with Crippen molar-refractivity contribution in [3.63, 3.8) is 0 Å². The maximum absolute atomic E-state index is 14.1. The van der Waals surface area contributed by atoms with Gasteiger partial charge >= 0.3 is 0 Å². The zero-order valence-corrected chi connectivity index (χ0v) is 29.6. The number of amides is 2. The Balaban J connectivity index is 1.52. The van der Waals surface area contributed by atoms with Gasteiger partial charge in [-0.3, -0.25) is 14.4 Å². The highest BCUT2D eigenvalue weighted by Crippen LogP contribution is 2.43. The third-order valence-corrected chi connectivity index (χ3v) is 10.1. The number of rotatable bonds is 14. The molecule has 0 aromatic heterocycles. The highest BCUT2D eigenvalue weighted by Gasteiger charge is 2.36. The molecule has 8 nitrogen and oxygen atoms in total. The minimum absolute atomic E-state index is 0.0977. The molecule has 2 amide bonds. The summed E-state index contributed by atoms with van der Waals surface area (Å²) in [5.41, 5.74) is 6.16. The van der Waals surface area contributed by atoms with Gasteiger partial charge in [-0.15, -0.1) is 0 Å². The molecule has 2 N–H and O–H groups in total. The summed E-state index contributed by atoms with van der Waals surface area (Å²) < 4.78 is 2.31. The second-order valence-electron chi connectivity index (χ2n) is 13.9. The molecule has 4 aliphatic rings. The monoisotopic (exact) mass is 654 g/mol. The molecule has 1 aromatic rings. The first-order chi connectivity index (χ1) is 23.2. The lowest BCUT2D eigenvalue weighted by Crippen LogP contribution is -2.35. The number of aryl methyl sites for hydroxylation is 1. The van der Waals surface area contributed by atoms with E-state index in [0.717, 1.165) is 126 Å². The average Bonchev–Trinajstić information content (AvgIpc) is 3.80. The zero-order chi connectivity index (χ0) is 34.2. The molecule has 48 heavy (non-hydrogen) atoms. The van der Waals surface area contributed by atoms with Crippen LogP contribution in [0.15, 0.2) is 52.5 Å². The second kappa shape index (κ2) is 16.4. The molecule has 2 aliphatic heterocycles. The third kappa shape index (κ3) is 8.01. The van der Waals surface area contributed by atoms with Crippen LogP contribution in [0, 0.1) is 6.92 Å². The summed E-state index contributed by atoms with van der Waals surface area (Å²) in [5, 5.41) is 20.2. The van der Waals surface area contributed by atoms with Gasteiger partial charge in [0.1, 0.15) is 13.1 Å². The quantitative estimate of drug-likeness (QED) is 0.133. The fourth-order valence-corrected chi connectivity index (χ4v) is 7.34. The van der Waals surface area contributed by atoms with Crippen molar-refractivity contribution < 1.29 is 24.1 Å². The maximum atomic E-state index is 14.1. The van der Waals surface area contributed by atoms with Gasteiger partial charge in [-0.25, -0.2) is 4.58 Å². The van der Waals surface area contributed by atoms with E-state index in [1.165, 1.54) is 0 Å². The number of carbonyl (C=O) groups is 3. The molecule has 2 saturated heterocycles. The minimum atomic E-state index is -0.349. The van der Waals surface area contributed by atoms with Crippen molar-refractivity contribution >= 4 is 40.3 Å². The lowest BCUT2D eigenvalue weighted by atomic mass is 9.77. The minimum Gasteiger partial charge on any atom is -0.871 e. The first-order valence-electron chi connectivity index (χ1n) is 18.5. The number of Topliss-reactive ketones (excluding diaryl/α,β-unsaturated/α-hetero) is 1. The van der Waals surface area contributed by atoms with Crippen LogP contribution in [0.1, 0.15) is 122 Å². The van der Waals surface area contributed by atoms with E-state index in [0.29, 0.717) is 35.4 Å². The molecule has 0 atom stereocenters. The first-order valence-corrected chi connectivity index (χ1v) is 18.5. The molecule has 0 unspecified atom stereocenters. The summed E-state index contributed by atoms with van der Waals surface area (Å²) in [6, 6.07) is 3.84. The van der Waals surface area contributed by atoms with Crippen molar-refractivity contribution in [3.8, 4) is 0 Å². The van der Waals surface area contributed by atoms with Crippen LogP contribution in [0.5, 0.6) is 0 Å². The Labute approximate surface area is 286 Å². The Kier molecular flexibility index (Phi) is 12.1. The highest BCUT2D eigenvalue weighted by molar-refractivity contribution is 6.40. The van der Waals surface area contributed by atoms with Crippen molar-refractivity contribution in [2.45, 2.75) is 118 Å². The fraction of sp³-hybridized carbons (Fsp3) is 0.550. The number of nitrogens with zero attached hydrogens (tertiary/aromatic N) is 2. The van der Waals surface area contributed by atoms with Crippen molar-refractivity contribution in [2.75, 3.05) is 36.4 Å². The number of nitrogens with one attached hydrogen (secondary N) is 2. The van der Waals surface area contributed by atoms with Crippen LogP contribution in [-0.4, -0.2) is 54.1 Å². The summed E-state index contributed by atoms with van der Waals surface area (Å²) >= 11 is 0. The molecule has 2 heterocycles. The predicted molar refractivity (Wildman–Crippen MR) is 192 cm³/mol. The number of carbonyl (C=O) groups excluding carboxylic acids is 3. The van der Waals surface area contributed by atoms with E-state index in [1.54, 1.807) is 0 Å². The van der Waals surface area contributed by atoms with Crippen molar-refractivity contribution in [3.05, 3.63) is 63.6 Å². The number of allylic oxidation sites excluding steroid dienone is 5. The number of unbranched alkanes of at least 4 members (excludes halogenated alkanes) is 6. The largest absolute Gasteiger partial charge is 0.871 e. The smallest absolute Gasteiger partial charge is 0.224 e. The summed E-state index contributed by atoms with van der Waals surface area (Å²) in [4.78, 5) is 42.6. The standard InChI is InChI=1S/C40H54N4O4/c1-5-7-9-11-17-35(45)41-31-25-33(43-19-13-14-20-43)27(3)23-29(31)37-39(47)38(40(37)48)30-24-28(4)34(44-21-15-16-22-44)26-32(30)42-36(46)18-12-10-8-6-2/h23-26H,5-22H2,1-4H3,(H2,41,42,45,46,47,48). The third-order valence-electron chi connectivity index (χ3n) is 10.1. The first kappa shape index (κ1) is 35.4. The Morgan fingerprint density at radius 2 is 1.44 bits per heavy atom. The predicted octanol–water partition coefficient (Wildman–Crippen LogP) is 6.63. The van der Waals surface area contributed by atoms with Gasteiger partial charge in [0, 0.05) is 78.4 Å². The lowest BCUT2D eigenvalue weighted by Gasteiger charge is -2.35. The summed E-state index contributed by atoms with van der Waals surface area (Å²) in [6.45, 7) is 12.0. The van der Waals surface area contributed by atoms with Gasteiger partial charge in [-0.1, -0.05) is 58.1 Å². The van der Waals surface area contributed by atoms with E-state index in [4.69, 9.17) is 0 Å². The molecule has 0 radical (unpaired) electrons. The van der Waals surface area contributed by atoms with Gasteiger partial charge in [-0.2, -0.15) is 0 Å². The summed E-state index contributed by atoms with van der Waals surface area (Å²) in [7, 11) is 0. The summed E-state index contributed by atoms with van der Waals surface area (Å²) in [6.07, 6.45) is 17.0. The average molecular weight is 655 g/mol. The Morgan fingerprint density at radius 3 is 2.04 bits per heavy atom. The van der Waals surface area contributed by atoms with Crippen LogP contribution in [0.3, 0.4) is 0 Å². The Morgan fingerprint density at radius 1 is 0.812 bits per heavy atom. The topological polar surface area (TPSA) is 105 Å². The van der Waals surface area contributed by atoms with E-state index >= 15 is 0 Å². The molecule has 5 rings (SSSR count). The molecule has 2 aliphatic carbocycles. The van der Waals surface area contributed by atoms with E-state index in [9.17, 15) is 19.5 Å². The van der Waals surface area contributed by atoms with Crippen molar-refractivity contribution in [1.82, 2.24) is 5.32 Å². The van der Waals surface area contributed by atoms with Gasteiger partial charge in [-0.05, 0) is 63.3 Å². The van der Waals surface area contributed by atoms with Crippen LogP contribution in [0.25, 0.3) is 5.57 Å². The van der Waals surface area contributed by atoms with Crippen LogP contribution >= 0.6 is 0 Å². The fourth-order valence-electron chi connectivity index (χ4n) is 7.34. The normalized spacial score (nSPS) is 19.5. The zero-order valence-electron chi connectivity index (χ0n) is 29.6. The second-order valence-corrected chi connectivity index (χ2v) is 13.9. The Bertz CT molecular complexity index is 1580. The van der Waals surface area contributed by atoms with Crippen LogP contribution in [0.2, 0.25) is 0 Å². The molecule has 0 spiro atoms. The van der Waals surface area contributed by atoms with E-state index in [2.05, 4.69) is 34.0 Å². The molecule has 0 saturated carbocycles. The number of anilines is 2. The van der Waals surface area contributed by atoms with E-state index < -0.39 is 0 Å². The lowest BCUT2D eigenvalue weighted by molar-refractivity contribution is -0.504. The van der Waals surface area contributed by atoms with Crippen molar-refractivity contribution in [2.24, 2.45) is 0 Å². The SMILES string of the molecule is CCCCCCC(=O)NC1=CC(=[N+]2CCCC2)C(C)=C/C1=C1/C(=O)C(c2cc(C)c(N3CCCC3)cc2NC(=O)CCCCCC)=C1[O-]. The molecular weight excluding hydrogens is 600 g/mol. The van der Waals surface area contributed by atoms with Crippen molar-refractivity contribution in [1.29, 1.82) is 0 Å². The molecule has 2 fully saturated rings. The van der Waals surface area contributed by atoms with Gasteiger partial charge in [0.25, 0.3) is 0 Å². The van der Waals surface area contributed by atoms with Gasteiger partial charge in [0.15, 0.2) is 5.78 Å². The molecule has 258 valence electrons.